The van der Waals surface area contributed by atoms with E-state index in [-0.39, 0.29) is 11.7 Å². The van der Waals surface area contributed by atoms with Gasteiger partial charge in [-0.3, -0.25) is 9.59 Å². The van der Waals surface area contributed by atoms with E-state index in [0.717, 1.165) is 0 Å². The zero-order chi connectivity index (χ0) is 24.9. The Balaban J connectivity index is 1.74. The van der Waals surface area contributed by atoms with E-state index in [9.17, 15) is 14.0 Å². The van der Waals surface area contributed by atoms with Crippen molar-refractivity contribution in [2.45, 2.75) is 6.92 Å². The van der Waals surface area contributed by atoms with Crippen molar-refractivity contribution in [1.29, 1.82) is 0 Å². The first-order valence-electron chi connectivity index (χ1n) is 10.6. The quantitative estimate of drug-likeness (QED) is 0.397. The number of anilines is 2. The SMILES string of the molecule is COc1cccc(-c2nn(-c3ccc(F)cc3)cc2C(=O)Nc2ccc(OC)c(NC(C)=O)c2)c1. The molecule has 4 rings (SSSR count). The fraction of sp³-hybridized carbons (Fsp3) is 0.115. The average Bonchev–Trinajstić information content (AvgIpc) is 3.30. The van der Waals surface area contributed by atoms with Gasteiger partial charge in [-0.05, 0) is 54.6 Å². The van der Waals surface area contributed by atoms with Crippen LogP contribution in [0.3, 0.4) is 0 Å². The summed E-state index contributed by atoms with van der Waals surface area (Å²) in [6.07, 6.45) is 1.58. The summed E-state index contributed by atoms with van der Waals surface area (Å²) in [5.74, 6) is 0.00356. The van der Waals surface area contributed by atoms with E-state index >= 15 is 0 Å². The van der Waals surface area contributed by atoms with E-state index in [1.807, 2.05) is 6.07 Å². The first kappa shape index (κ1) is 23.5. The van der Waals surface area contributed by atoms with Crippen molar-refractivity contribution in [1.82, 2.24) is 9.78 Å². The van der Waals surface area contributed by atoms with E-state index in [1.165, 1.54) is 30.8 Å². The summed E-state index contributed by atoms with van der Waals surface area (Å²) in [7, 11) is 3.04. The summed E-state index contributed by atoms with van der Waals surface area (Å²) in [6, 6.07) is 17.9. The molecule has 0 atom stereocenters. The number of amides is 2. The molecular formula is C26H23FN4O4. The number of rotatable bonds is 7. The van der Waals surface area contributed by atoms with Crippen LogP contribution in [0, 0.1) is 5.82 Å². The van der Waals surface area contributed by atoms with Crippen molar-refractivity contribution >= 4 is 23.2 Å². The predicted molar refractivity (Wildman–Crippen MR) is 131 cm³/mol. The van der Waals surface area contributed by atoms with Crippen molar-refractivity contribution in [3.63, 3.8) is 0 Å². The highest BCUT2D eigenvalue weighted by atomic mass is 19.1. The second-order valence-electron chi connectivity index (χ2n) is 7.59. The predicted octanol–water partition coefficient (Wildman–Crippen LogP) is 4.91. The normalized spacial score (nSPS) is 10.5. The standard InChI is InChI=1S/C26H23FN4O4/c1-16(32)28-23-14-19(9-12-24(23)35-3)29-26(33)22-15-31(20-10-7-18(27)8-11-20)30-25(22)17-5-4-6-21(13-17)34-2/h4-15H,1-3H3,(H,28,32)(H,29,33). The molecule has 0 bridgehead atoms. The van der Waals surface area contributed by atoms with Crippen LogP contribution in [-0.4, -0.2) is 35.8 Å². The van der Waals surface area contributed by atoms with Crippen LogP contribution in [-0.2, 0) is 4.79 Å². The number of nitrogens with zero attached hydrogens (tertiary/aromatic N) is 2. The molecule has 178 valence electrons. The number of hydrogen-bond donors (Lipinski definition) is 2. The summed E-state index contributed by atoms with van der Waals surface area (Å²) in [5.41, 5.74) is 2.84. The fourth-order valence-electron chi connectivity index (χ4n) is 3.52. The van der Waals surface area contributed by atoms with Gasteiger partial charge in [-0.25, -0.2) is 9.07 Å². The molecule has 4 aromatic rings. The van der Waals surface area contributed by atoms with E-state index < -0.39 is 5.91 Å². The molecule has 35 heavy (non-hydrogen) atoms. The lowest BCUT2D eigenvalue weighted by atomic mass is 10.1. The Morgan fingerprint density at radius 2 is 1.71 bits per heavy atom. The molecule has 0 unspecified atom stereocenters. The highest BCUT2D eigenvalue weighted by Crippen LogP contribution is 2.30. The molecule has 0 saturated carbocycles. The Bertz CT molecular complexity index is 1380. The van der Waals surface area contributed by atoms with Crippen molar-refractivity contribution in [2.24, 2.45) is 0 Å². The molecule has 3 aromatic carbocycles. The van der Waals surface area contributed by atoms with Crippen molar-refractivity contribution < 1.29 is 23.5 Å². The van der Waals surface area contributed by atoms with Gasteiger partial charge >= 0.3 is 0 Å². The number of carbonyl (C=O) groups excluding carboxylic acids is 2. The van der Waals surface area contributed by atoms with Gasteiger partial charge in [0.05, 0.1) is 31.2 Å². The number of aromatic nitrogens is 2. The molecule has 0 saturated heterocycles. The topological polar surface area (TPSA) is 94.5 Å². The van der Waals surface area contributed by atoms with Gasteiger partial charge in [0, 0.05) is 24.4 Å². The maximum atomic E-state index is 13.4. The average molecular weight is 474 g/mol. The molecule has 1 heterocycles. The van der Waals surface area contributed by atoms with Crippen LogP contribution in [0.25, 0.3) is 16.9 Å². The maximum absolute atomic E-state index is 13.4. The van der Waals surface area contributed by atoms with Gasteiger partial charge in [-0.1, -0.05) is 12.1 Å². The van der Waals surface area contributed by atoms with Crippen LogP contribution in [0.5, 0.6) is 11.5 Å². The number of halogens is 1. The monoisotopic (exact) mass is 474 g/mol. The lowest BCUT2D eigenvalue weighted by Crippen LogP contribution is -2.13. The Labute approximate surface area is 201 Å². The van der Waals surface area contributed by atoms with Gasteiger partial charge < -0.3 is 20.1 Å². The minimum absolute atomic E-state index is 0.271. The number of methoxy groups -OCH3 is 2. The number of carbonyl (C=O) groups is 2. The molecule has 0 fully saturated rings. The van der Waals surface area contributed by atoms with Crippen LogP contribution < -0.4 is 20.1 Å². The van der Waals surface area contributed by atoms with Crippen molar-refractivity contribution in [3.05, 3.63) is 84.3 Å². The molecule has 8 nitrogen and oxygen atoms in total. The Hall–Kier alpha value is -4.66. The van der Waals surface area contributed by atoms with Gasteiger partial charge in [-0.2, -0.15) is 5.10 Å². The molecule has 0 radical (unpaired) electrons. The molecule has 0 aliphatic heterocycles. The number of nitrogens with one attached hydrogen (secondary N) is 2. The van der Waals surface area contributed by atoms with Crippen LogP contribution >= 0.6 is 0 Å². The lowest BCUT2D eigenvalue weighted by molar-refractivity contribution is -0.114. The largest absolute Gasteiger partial charge is 0.497 e. The molecular weight excluding hydrogens is 451 g/mol. The Morgan fingerprint density at radius 3 is 2.40 bits per heavy atom. The molecule has 0 spiro atoms. The smallest absolute Gasteiger partial charge is 0.259 e. The second kappa shape index (κ2) is 10.1. The number of ether oxygens (including phenoxy) is 2. The molecule has 0 aliphatic rings. The van der Waals surface area contributed by atoms with Crippen LogP contribution in [0.4, 0.5) is 15.8 Å². The Morgan fingerprint density at radius 1 is 0.943 bits per heavy atom. The van der Waals surface area contributed by atoms with Gasteiger partial charge in [0.2, 0.25) is 5.91 Å². The molecule has 0 aliphatic carbocycles. The van der Waals surface area contributed by atoms with E-state index in [2.05, 4.69) is 15.7 Å². The molecule has 9 heteroatoms. The first-order chi connectivity index (χ1) is 16.9. The van der Waals surface area contributed by atoms with E-state index in [1.54, 1.807) is 61.8 Å². The van der Waals surface area contributed by atoms with E-state index in [0.29, 0.717) is 45.4 Å². The summed E-state index contributed by atoms with van der Waals surface area (Å²) in [5, 5.41) is 10.1. The summed E-state index contributed by atoms with van der Waals surface area (Å²) < 4.78 is 25.5. The second-order valence-corrected chi connectivity index (χ2v) is 7.59. The zero-order valence-electron chi connectivity index (χ0n) is 19.3. The first-order valence-corrected chi connectivity index (χ1v) is 10.6. The third-order valence-corrected chi connectivity index (χ3v) is 5.16. The van der Waals surface area contributed by atoms with Gasteiger partial charge in [0.1, 0.15) is 23.0 Å². The van der Waals surface area contributed by atoms with Crippen LogP contribution in [0.15, 0.2) is 72.9 Å². The summed E-state index contributed by atoms with van der Waals surface area (Å²) >= 11 is 0. The molecule has 1 aromatic heterocycles. The highest BCUT2D eigenvalue weighted by molar-refractivity contribution is 6.08. The van der Waals surface area contributed by atoms with E-state index in [4.69, 9.17) is 9.47 Å². The lowest BCUT2D eigenvalue weighted by Gasteiger charge is -2.12. The van der Waals surface area contributed by atoms with Crippen molar-refractivity contribution in [3.8, 4) is 28.4 Å². The summed E-state index contributed by atoms with van der Waals surface area (Å²) in [6.45, 7) is 1.38. The third kappa shape index (κ3) is 5.30. The maximum Gasteiger partial charge on any atom is 0.259 e. The highest BCUT2D eigenvalue weighted by Gasteiger charge is 2.20. The van der Waals surface area contributed by atoms with Crippen LogP contribution in [0.1, 0.15) is 17.3 Å². The number of benzene rings is 3. The van der Waals surface area contributed by atoms with Gasteiger partial charge in [0.15, 0.2) is 0 Å². The minimum atomic E-state index is -0.421. The minimum Gasteiger partial charge on any atom is -0.497 e. The summed E-state index contributed by atoms with van der Waals surface area (Å²) in [4.78, 5) is 24.9. The van der Waals surface area contributed by atoms with Crippen LogP contribution in [0.2, 0.25) is 0 Å². The third-order valence-electron chi connectivity index (χ3n) is 5.16. The number of hydrogen-bond acceptors (Lipinski definition) is 5. The Kier molecular flexibility index (Phi) is 6.77. The van der Waals surface area contributed by atoms with Crippen molar-refractivity contribution in [2.75, 3.05) is 24.9 Å². The van der Waals surface area contributed by atoms with Gasteiger partial charge in [-0.15, -0.1) is 0 Å². The fourth-order valence-corrected chi connectivity index (χ4v) is 3.52. The molecule has 2 N–H and O–H groups in total. The van der Waals surface area contributed by atoms with Gasteiger partial charge in [0.25, 0.3) is 5.91 Å². The zero-order valence-corrected chi connectivity index (χ0v) is 19.3. The molecule has 2 amide bonds.